The maximum absolute atomic E-state index is 12.5. The quantitative estimate of drug-likeness (QED) is 0.516. The minimum atomic E-state index is -0.319. The maximum atomic E-state index is 12.5. The topological polar surface area (TPSA) is 86.5 Å². The molecular weight excluding hydrogens is 366 g/mol. The molecule has 0 aliphatic heterocycles. The molecule has 1 aromatic heterocycles. The SMILES string of the molecule is CCCCOc1ccc(Oc2cccc(NC(=O)c3ccc(C)nc3N)c2)cc1. The maximum Gasteiger partial charge on any atom is 0.259 e. The standard InChI is InChI=1S/C23H25N3O3/c1-3-4-14-28-18-9-11-19(12-10-18)29-20-7-5-6-17(15-20)26-23(27)21-13-8-16(2)25-22(21)24/h5-13,15H,3-4,14H2,1-2H3,(H2,24,25)(H,26,27). The molecule has 0 saturated heterocycles. The van der Waals surface area contributed by atoms with E-state index in [0.29, 0.717) is 29.4 Å². The number of carbonyl (C=O) groups excluding carboxylic acids is 1. The van der Waals surface area contributed by atoms with E-state index in [1.54, 1.807) is 24.3 Å². The lowest BCUT2D eigenvalue weighted by molar-refractivity contribution is 0.102. The molecular formula is C23H25N3O3. The monoisotopic (exact) mass is 391 g/mol. The third-order valence-electron chi connectivity index (χ3n) is 4.23. The Morgan fingerprint density at radius 2 is 1.79 bits per heavy atom. The van der Waals surface area contributed by atoms with Crippen LogP contribution in [0.3, 0.4) is 0 Å². The number of amides is 1. The van der Waals surface area contributed by atoms with Crippen molar-refractivity contribution in [1.82, 2.24) is 4.98 Å². The Bertz CT molecular complexity index is 971. The van der Waals surface area contributed by atoms with E-state index in [0.717, 1.165) is 24.3 Å². The summed E-state index contributed by atoms with van der Waals surface area (Å²) in [7, 11) is 0. The highest BCUT2D eigenvalue weighted by molar-refractivity contribution is 6.07. The highest BCUT2D eigenvalue weighted by atomic mass is 16.5. The number of benzene rings is 2. The van der Waals surface area contributed by atoms with Gasteiger partial charge < -0.3 is 20.5 Å². The first-order valence-electron chi connectivity index (χ1n) is 9.60. The summed E-state index contributed by atoms with van der Waals surface area (Å²) in [6.07, 6.45) is 2.13. The lowest BCUT2D eigenvalue weighted by Gasteiger charge is -2.11. The van der Waals surface area contributed by atoms with Crippen LogP contribution in [0, 0.1) is 6.92 Å². The second-order valence-electron chi connectivity index (χ2n) is 6.64. The number of rotatable bonds is 8. The summed E-state index contributed by atoms with van der Waals surface area (Å²) in [6.45, 7) is 4.66. The number of nitrogens with one attached hydrogen (secondary N) is 1. The van der Waals surface area contributed by atoms with Gasteiger partial charge in [-0.3, -0.25) is 4.79 Å². The zero-order valence-electron chi connectivity index (χ0n) is 16.6. The number of nitrogens with zero attached hydrogens (tertiary/aromatic N) is 1. The fourth-order valence-electron chi connectivity index (χ4n) is 2.68. The van der Waals surface area contributed by atoms with Gasteiger partial charge in [0.05, 0.1) is 12.2 Å². The summed E-state index contributed by atoms with van der Waals surface area (Å²) in [6, 6.07) is 18.0. The lowest BCUT2D eigenvalue weighted by Crippen LogP contribution is -2.15. The van der Waals surface area contributed by atoms with E-state index in [4.69, 9.17) is 15.2 Å². The number of hydrogen-bond donors (Lipinski definition) is 2. The molecule has 0 bridgehead atoms. The van der Waals surface area contributed by atoms with Crippen LogP contribution in [-0.4, -0.2) is 17.5 Å². The molecule has 0 aliphatic rings. The predicted molar refractivity (Wildman–Crippen MR) is 115 cm³/mol. The Labute approximate surface area is 170 Å². The predicted octanol–water partition coefficient (Wildman–Crippen LogP) is 5.20. The van der Waals surface area contributed by atoms with Crippen molar-refractivity contribution >= 4 is 17.4 Å². The molecule has 0 saturated carbocycles. The van der Waals surface area contributed by atoms with Gasteiger partial charge in [-0.05, 0) is 61.9 Å². The first kappa shape index (κ1) is 20.2. The summed E-state index contributed by atoms with van der Waals surface area (Å²) >= 11 is 0. The number of hydrogen-bond acceptors (Lipinski definition) is 5. The van der Waals surface area contributed by atoms with Crippen molar-refractivity contribution in [2.75, 3.05) is 17.7 Å². The largest absolute Gasteiger partial charge is 0.494 e. The summed E-state index contributed by atoms with van der Waals surface area (Å²) in [4.78, 5) is 16.6. The molecule has 0 unspecified atom stereocenters. The molecule has 0 radical (unpaired) electrons. The highest BCUT2D eigenvalue weighted by Crippen LogP contribution is 2.26. The zero-order valence-corrected chi connectivity index (χ0v) is 16.6. The van der Waals surface area contributed by atoms with Crippen LogP contribution >= 0.6 is 0 Å². The Morgan fingerprint density at radius 3 is 2.52 bits per heavy atom. The minimum absolute atomic E-state index is 0.205. The van der Waals surface area contributed by atoms with Gasteiger partial charge in [0.25, 0.3) is 5.91 Å². The number of ether oxygens (including phenoxy) is 2. The summed E-state index contributed by atoms with van der Waals surface area (Å²) in [5.74, 6) is 1.99. The molecule has 0 spiro atoms. The van der Waals surface area contributed by atoms with Crippen molar-refractivity contribution < 1.29 is 14.3 Å². The van der Waals surface area contributed by atoms with Gasteiger partial charge in [0.15, 0.2) is 0 Å². The molecule has 2 aromatic carbocycles. The minimum Gasteiger partial charge on any atom is -0.494 e. The van der Waals surface area contributed by atoms with Gasteiger partial charge in [0, 0.05) is 17.4 Å². The molecule has 3 aromatic rings. The molecule has 1 amide bonds. The van der Waals surface area contributed by atoms with Crippen LogP contribution in [0.2, 0.25) is 0 Å². The van der Waals surface area contributed by atoms with E-state index in [1.165, 1.54) is 0 Å². The second-order valence-corrected chi connectivity index (χ2v) is 6.64. The van der Waals surface area contributed by atoms with Crippen molar-refractivity contribution in [3.05, 3.63) is 71.9 Å². The fourth-order valence-corrected chi connectivity index (χ4v) is 2.68. The van der Waals surface area contributed by atoms with Crippen LogP contribution in [-0.2, 0) is 0 Å². The average Bonchev–Trinajstić information content (AvgIpc) is 2.70. The molecule has 6 heteroatoms. The van der Waals surface area contributed by atoms with Crippen LogP contribution in [0.15, 0.2) is 60.7 Å². The summed E-state index contributed by atoms with van der Waals surface area (Å²) < 4.78 is 11.5. The first-order valence-corrected chi connectivity index (χ1v) is 9.60. The number of nitrogens with two attached hydrogens (primary N) is 1. The van der Waals surface area contributed by atoms with Crippen LogP contribution in [0.4, 0.5) is 11.5 Å². The highest BCUT2D eigenvalue weighted by Gasteiger charge is 2.11. The van der Waals surface area contributed by atoms with E-state index >= 15 is 0 Å². The van der Waals surface area contributed by atoms with E-state index in [9.17, 15) is 4.79 Å². The van der Waals surface area contributed by atoms with E-state index in [-0.39, 0.29) is 11.7 Å². The molecule has 0 fully saturated rings. The van der Waals surface area contributed by atoms with Crippen molar-refractivity contribution in [2.45, 2.75) is 26.7 Å². The van der Waals surface area contributed by atoms with Crippen molar-refractivity contribution in [3.8, 4) is 17.2 Å². The van der Waals surface area contributed by atoms with Crippen LogP contribution < -0.4 is 20.5 Å². The number of pyridine rings is 1. The smallest absolute Gasteiger partial charge is 0.259 e. The molecule has 0 atom stereocenters. The molecule has 150 valence electrons. The third kappa shape index (κ3) is 5.72. The van der Waals surface area contributed by atoms with Crippen molar-refractivity contribution in [3.63, 3.8) is 0 Å². The number of anilines is 2. The summed E-state index contributed by atoms with van der Waals surface area (Å²) in [5.41, 5.74) is 7.55. The molecule has 6 nitrogen and oxygen atoms in total. The van der Waals surface area contributed by atoms with Gasteiger partial charge in [-0.1, -0.05) is 19.4 Å². The van der Waals surface area contributed by atoms with Crippen LogP contribution in [0.5, 0.6) is 17.2 Å². The molecule has 3 rings (SSSR count). The Kier molecular flexibility index (Phi) is 6.68. The second kappa shape index (κ2) is 9.59. The van der Waals surface area contributed by atoms with E-state index in [1.807, 2.05) is 43.3 Å². The number of nitrogen functional groups attached to an aromatic ring is 1. The zero-order chi connectivity index (χ0) is 20.6. The molecule has 29 heavy (non-hydrogen) atoms. The lowest BCUT2D eigenvalue weighted by atomic mass is 10.2. The summed E-state index contributed by atoms with van der Waals surface area (Å²) in [5, 5.41) is 2.82. The number of aryl methyl sites for hydroxylation is 1. The van der Waals surface area contributed by atoms with Gasteiger partial charge in [-0.15, -0.1) is 0 Å². The normalized spacial score (nSPS) is 10.4. The first-order chi connectivity index (χ1) is 14.0. The fraction of sp³-hybridized carbons (Fsp3) is 0.217. The Balaban J connectivity index is 1.64. The van der Waals surface area contributed by atoms with Gasteiger partial charge in [0.1, 0.15) is 23.1 Å². The van der Waals surface area contributed by atoms with Crippen LogP contribution in [0.1, 0.15) is 35.8 Å². The third-order valence-corrected chi connectivity index (χ3v) is 4.23. The van der Waals surface area contributed by atoms with Crippen LogP contribution in [0.25, 0.3) is 0 Å². The Morgan fingerprint density at radius 1 is 1.03 bits per heavy atom. The van der Waals surface area contributed by atoms with Crippen molar-refractivity contribution in [2.24, 2.45) is 0 Å². The number of aromatic nitrogens is 1. The number of unbranched alkanes of at least 4 members (excludes halogenated alkanes) is 1. The molecule has 0 aliphatic carbocycles. The molecule has 1 heterocycles. The van der Waals surface area contributed by atoms with Gasteiger partial charge >= 0.3 is 0 Å². The van der Waals surface area contributed by atoms with Gasteiger partial charge in [-0.25, -0.2) is 4.98 Å². The van der Waals surface area contributed by atoms with Gasteiger partial charge in [-0.2, -0.15) is 0 Å². The molecule has 3 N–H and O–H groups in total. The van der Waals surface area contributed by atoms with Gasteiger partial charge in [0.2, 0.25) is 0 Å². The van der Waals surface area contributed by atoms with Crippen molar-refractivity contribution in [1.29, 1.82) is 0 Å². The average molecular weight is 391 g/mol. The van der Waals surface area contributed by atoms with E-state index < -0.39 is 0 Å². The Hall–Kier alpha value is -3.54. The van der Waals surface area contributed by atoms with E-state index in [2.05, 4.69) is 17.2 Å². The number of carbonyl (C=O) groups is 1.